The predicted octanol–water partition coefficient (Wildman–Crippen LogP) is 3.78. The Hall–Kier alpha value is -2.04. The minimum atomic E-state index is -4.40. The normalized spacial score (nSPS) is 11.3. The Bertz CT molecular complexity index is 552. The number of methoxy groups -OCH3 is 1. The summed E-state index contributed by atoms with van der Waals surface area (Å²) in [5, 5.41) is 0. The van der Waals surface area contributed by atoms with Crippen molar-refractivity contribution in [2.75, 3.05) is 7.11 Å². The minimum absolute atomic E-state index is 0.0453. The number of ether oxygens (including phenoxy) is 1. The van der Waals surface area contributed by atoms with E-state index in [1.165, 1.54) is 25.3 Å². The molecular weight excluding hydrogens is 243 g/mol. The van der Waals surface area contributed by atoms with Crippen LogP contribution in [0.4, 0.5) is 13.2 Å². The van der Waals surface area contributed by atoms with Crippen molar-refractivity contribution in [2.45, 2.75) is 6.18 Å². The second kappa shape index (κ2) is 4.68. The molecule has 2 rings (SSSR count). The average molecular weight is 253 g/mol. The summed E-state index contributed by atoms with van der Waals surface area (Å²) < 4.78 is 43.5. The van der Waals surface area contributed by atoms with Crippen molar-refractivity contribution in [3.8, 4) is 17.1 Å². The van der Waals surface area contributed by atoms with E-state index in [1.54, 1.807) is 18.2 Å². The smallest absolute Gasteiger partial charge is 0.417 e. The van der Waals surface area contributed by atoms with Gasteiger partial charge in [0.05, 0.1) is 18.4 Å². The molecule has 0 spiro atoms. The third-order valence-electron chi connectivity index (χ3n) is 2.44. The Morgan fingerprint density at radius 3 is 2.39 bits per heavy atom. The zero-order chi connectivity index (χ0) is 13.2. The van der Waals surface area contributed by atoms with Gasteiger partial charge in [-0.15, -0.1) is 0 Å². The van der Waals surface area contributed by atoms with Gasteiger partial charge in [-0.25, -0.2) is 4.98 Å². The molecule has 0 N–H and O–H groups in total. The standard InChI is InChI=1S/C13H10F3NO/c1-18-12-8-4-7-11(17-12)9-5-2-3-6-10(9)13(14,15)16/h2-8H,1H3. The first kappa shape index (κ1) is 12.4. The van der Waals surface area contributed by atoms with E-state index in [9.17, 15) is 13.2 Å². The second-order valence-corrected chi connectivity index (χ2v) is 3.61. The summed E-state index contributed by atoms with van der Waals surface area (Å²) in [5.41, 5.74) is -0.420. The monoisotopic (exact) mass is 253 g/mol. The van der Waals surface area contributed by atoms with E-state index in [4.69, 9.17) is 4.74 Å². The van der Waals surface area contributed by atoms with Crippen molar-refractivity contribution < 1.29 is 17.9 Å². The number of nitrogens with zero attached hydrogens (tertiary/aromatic N) is 1. The van der Waals surface area contributed by atoms with Gasteiger partial charge in [0.25, 0.3) is 0 Å². The molecule has 18 heavy (non-hydrogen) atoms. The maximum absolute atomic E-state index is 12.9. The maximum atomic E-state index is 12.9. The molecule has 0 bridgehead atoms. The van der Waals surface area contributed by atoms with Gasteiger partial charge in [0.1, 0.15) is 0 Å². The molecule has 0 unspecified atom stereocenters. The number of halogens is 3. The van der Waals surface area contributed by atoms with E-state index in [0.717, 1.165) is 6.07 Å². The highest BCUT2D eigenvalue weighted by molar-refractivity contribution is 5.64. The lowest BCUT2D eigenvalue weighted by Crippen LogP contribution is -2.07. The molecule has 1 aromatic heterocycles. The first-order valence-electron chi connectivity index (χ1n) is 5.20. The lowest BCUT2D eigenvalue weighted by atomic mass is 10.0. The van der Waals surface area contributed by atoms with Gasteiger partial charge in [-0.05, 0) is 12.1 Å². The highest BCUT2D eigenvalue weighted by Gasteiger charge is 2.33. The van der Waals surface area contributed by atoms with Crippen molar-refractivity contribution in [1.82, 2.24) is 4.98 Å². The van der Waals surface area contributed by atoms with Gasteiger partial charge < -0.3 is 4.74 Å². The molecule has 0 atom stereocenters. The SMILES string of the molecule is COc1cccc(-c2ccccc2C(F)(F)F)n1. The van der Waals surface area contributed by atoms with Gasteiger partial charge in [0.2, 0.25) is 5.88 Å². The average Bonchev–Trinajstić information content (AvgIpc) is 2.38. The maximum Gasteiger partial charge on any atom is 0.417 e. The largest absolute Gasteiger partial charge is 0.481 e. The molecule has 0 amide bonds. The highest BCUT2D eigenvalue weighted by atomic mass is 19.4. The number of rotatable bonds is 2. The van der Waals surface area contributed by atoms with Gasteiger partial charge in [-0.1, -0.05) is 24.3 Å². The molecule has 0 aliphatic heterocycles. The van der Waals surface area contributed by atoms with Crippen LogP contribution in [0, 0.1) is 0 Å². The van der Waals surface area contributed by atoms with Crippen molar-refractivity contribution in [3.63, 3.8) is 0 Å². The summed E-state index contributed by atoms with van der Waals surface area (Å²) in [5.74, 6) is 0.282. The summed E-state index contributed by atoms with van der Waals surface area (Å²) in [4.78, 5) is 4.01. The molecule has 1 aromatic carbocycles. The highest BCUT2D eigenvalue weighted by Crippen LogP contribution is 2.36. The summed E-state index contributed by atoms with van der Waals surface area (Å²) in [7, 11) is 1.42. The Morgan fingerprint density at radius 1 is 1.00 bits per heavy atom. The fourth-order valence-corrected chi connectivity index (χ4v) is 1.63. The van der Waals surface area contributed by atoms with E-state index in [0.29, 0.717) is 0 Å². The van der Waals surface area contributed by atoms with Crippen LogP contribution in [0.5, 0.6) is 5.88 Å². The van der Waals surface area contributed by atoms with Crippen LogP contribution in [0.15, 0.2) is 42.5 Å². The van der Waals surface area contributed by atoms with Gasteiger partial charge in [0, 0.05) is 11.6 Å². The lowest BCUT2D eigenvalue weighted by molar-refractivity contribution is -0.137. The molecule has 94 valence electrons. The van der Waals surface area contributed by atoms with Crippen molar-refractivity contribution >= 4 is 0 Å². The van der Waals surface area contributed by atoms with Gasteiger partial charge >= 0.3 is 6.18 Å². The molecular formula is C13H10F3NO. The first-order valence-corrected chi connectivity index (χ1v) is 5.20. The van der Waals surface area contributed by atoms with Crippen molar-refractivity contribution in [2.24, 2.45) is 0 Å². The Labute approximate surface area is 102 Å². The number of hydrogen-bond acceptors (Lipinski definition) is 2. The third-order valence-corrected chi connectivity index (χ3v) is 2.44. The molecule has 2 nitrogen and oxygen atoms in total. The van der Waals surface area contributed by atoms with Gasteiger partial charge in [-0.2, -0.15) is 13.2 Å². The Balaban J connectivity index is 2.57. The fraction of sp³-hybridized carbons (Fsp3) is 0.154. The van der Waals surface area contributed by atoms with Crippen LogP contribution in [0.1, 0.15) is 5.56 Å². The van der Waals surface area contributed by atoms with Crippen LogP contribution in [0.25, 0.3) is 11.3 Å². The summed E-state index contributed by atoms with van der Waals surface area (Å²) in [6.45, 7) is 0. The number of alkyl halides is 3. The van der Waals surface area contributed by atoms with E-state index >= 15 is 0 Å². The summed E-state index contributed by atoms with van der Waals surface area (Å²) >= 11 is 0. The predicted molar refractivity (Wildman–Crippen MR) is 61.2 cm³/mol. The van der Waals surface area contributed by atoms with Crippen LogP contribution in [0.2, 0.25) is 0 Å². The molecule has 0 radical (unpaired) electrons. The first-order chi connectivity index (χ1) is 8.52. The second-order valence-electron chi connectivity index (χ2n) is 3.61. The van der Waals surface area contributed by atoms with Gasteiger partial charge in [0.15, 0.2) is 0 Å². The summed E-state index contributed by atoms with van der Waals surface area (Å²) in [6, 6.07) is 10.0. The van der Waals surface area contributed by atoms with Crippen molar-refractivity contribution in [1.29, 1.82) is 0 Å². The van der Waals surface area contributed by atoms with E-state index in [-0.39, 0.29) is 17.1 Å². The molecule has 5 heteroatoms. The van der Waals surface area contributed by atoms with Crippen LogP contribution in [-0.2, 0) is 6.18 Å². The topological polar surface area (TPSA) is 22.1 Å². The number of hydrogen-bond donors (Lipinski definition) is 0. The van der Waals surface area contributed by atoms with Crippen LogP contribution >= 0.6 is 0 Å². The molecule has 0 saturated heterocycles. The van der Waals surface area contributed by atoms with E-state index in [1.807, 2.05) is 0 Å². The molecule has 0 aliphatic rings. The van der Waals surface area contributed by atoms with Crippen LogP contribution in [-0.4, -0.2) is 12.1 Å². The molecule has 0 fully saturated rings. The number of pyridine rings is 1. The quantitative estimate of drug-likeness (QED) is 0.812. The molecule has 1 heterocycles. The number of benzene rings is 1. The van der Waals surface area contributed by atoms with Crippen LogP contribution in [0.3, 0.4) is 0 Å². The molecule has 0 saturated carbocycles. The van der Waals surface area contributed by atoms with E-state index < -0.39 is 11.7 Å². The lowest BCUT2D eigenvalue weighted by Gasteiger charge is -2.12. The Morgan fingerprint density at radius 2 is 1.72 bits per heavy atom. The summed E-state index contributed by atoms with van der Waals surface area (Å²) in [6.07, 6.45) is -4.40. The third kappa shape index (κ3) is 2.45. The molecule has 2 aromatic rings. The fourth-order valence-electron chi connectivity index (χ4n) is 1.63. The molecule has 0 aliphatic carbocycles. The van der Waals surface area contributed by atoms with Crippen molar-refractivity contribution in [3.05, 3.63) is 48.0 Å². The van der Waals surface area contributed by atoms with Crippen LogP contribution < -0.4 is 4.74 Å². The van der Waals surface area contributed by atoms with E-state index in [2.05, 4.69) is 4.98 Å². The zero-order valence-corrected chi connectivity index (χ0v) is 9.53. The van der Waals surface area contributed by atoms with Gasteiger partial charge in [-0.3, -0.25) is 0 Å². The number of aromatic nitrogens is 1. The Kier molecular flexibility index (Phi) is 3.23. The zero-order valence-electron chi connectivity index (χ0n) is 9.53. The minimum Gasteiger partial charge on any atom is -0.481 e.